The van der Waals surface area contributed by atoms with E-state index in [2.05, 4.69) is 11.9 Å². The predicted octanol–water partition coefficient (Wildman–Crippen LogP) is 3.09. The van der Waals surface area contributed by atoms with Gasteiger partial charge in [-0.15, -0.1) is 0 Å². The number of rotatable bonds is 13. The van der Waals surface area contributed by atoms with Gasteiger partial charge in [0.15, 0.2) is 5.69 Å². The van der Waals surface area contributed by atoms with Crippen LogP contribution in [0.5, 0.6) is 11.5 Å². The van der Waals surface area contributed by atoms with Gasteiger partial charge >= 0.3 is 5.69 Å². The van der Waals surface area contributed by atoms with E-state index in [1.807, 2.05) is 13.0 Å². The van der Waals surface area contributed by atoms with E-state index in [1.165, 1.54) is 9.47 Å². The number of nitrogens with one attached hydrogen (secondary N) is 1. The molecule has 9 heteroatoms. The lowest BCUT2D eigenvalue weighted by molar-refractivity contribution is -0.118. The van der Waals surface area contributed by atoms with Crippen LogP contribution in [0, 0.1) is 0 Å². The number of anilines is 2. The number of aromatic nitrogens is 2. The Balaban J connectivity index is 2.38. The van der Waals surface area contributed by atoms with Gasteiger partial charge in [0, 0.05) is 19.5 Å². The summed E-state index contributed by atoms with van der Waals surface area (Å²) in [6.07, 6.45) is 4.72. The van der Waals surface area contributed by atoms with E-state index in [1.54, 1.807) is 26.4 Å². The van der Waals surface area contributed by atoms with E-state index in [-0.39, 0.29) is 23.8 Å². The molecule has 1 aromatic carbocycles. The zero-order chi connectivity index (χ0) is 24.4. The second-order valence-electron chi connectivity index (χ2n) is 7.93. The third kappa shape index (κ3) is 6.63. The maximum atomic E-state index is 13.3. The van der Waals surface area contributed by atoms with Crippen LogP contribution in [0.4, 0.5) is 11.5 Å². The lowest BCUT2D eigenvalue weighted by atomic mass is 10.1. The number of benzene rings is 1. The second kappa shape index (κ2) is 12.7. The molecule has 3 N–H and O–H groups in total. The van der Waals surface area contributed by atoms with Crippen LogP contribution in [-0.4, -0.2) is 36.2 Å². The Kier molecular flexibility index (Phi) is 10.0. The Bertz CT molecular complexity index is 1040. The van der Waals surface area contributed by atoms with Gasteiger partial charge in [-0.05, 0) is 43.0 Å². The maximum Gasteiger partial charge on any atom is 0.330 e. The van der Waals surface area contributed by atoms with Gasteiger partial charge in [-0.3, -0.25) is 19.1 Å². The summed E-state index contributed by atoms with van der Waals surface area (Å²) in [6, 6.07) is 5.42. The Morgan fingerprint density at radius 1 is 1.09 bits per heavy atom. The van der Waals surface area contributed by atoms with E-state index < -0.39 is 11.2 Å². The fourth-order valence-corrected chi connectivity index (χ4v) is 3.71. The van der Waals surface area contributed by atoms with Gasteiger partial charge in [-0.2, -0.15) is 0 Å². The molecule has 0 atom stereocenters. The molecule has 0 aliphatic rings. The van der Waals surface area contributed by atoms with Crippen molar-refractivity contribution in [3.63, 3.8) is 0 Å². The Morgan fingerprint density at radius 3 is 2.45 bits per heavy atom. The van der Waals surface area contributed by atoms with Crippen LogP contribution in [-0.2, 0) is 17.8 Å². The molecule has 1 amide bonds. The molecule has 2 aromatic rings. The average Bonchev–Trinajstić information content (AvgIpc) is 2.81. The summed E-state index contributed by atoms with van der Waals surface area (Å²) in [4.78, 5) is 42.2. The van der Waals surface area contributed by atoms with E-state index in [0.29, 0.717) is 31.0 Å². The van der Waals surface area contributed by atoms with Crippen LogP contribution in [0.2, 0.25) is 0 Å². The summed E-state index contributed by atoms with van der Waals surface area (Å²) in [6.45, 7) is 4.79. The monoisotopic (exact) mass is 460 g/mol. The fourth-order valence-electron chi connectivity index (χ4n) is 3.71. The number of aromatic amines is 1. The minimum atomic E-state index is -0.644. The summed E-state index contributed by atoms with van der Waals surface area (Å²) in [5.74, 6) is 1.11. The molecule has 2 rings (SSSR count). The number of aryl methyl sites for hydroxylation is 1. The number of H-pyrrole nitrogens is 1. The SMILES string of the molecule is CCCCCN(C(=O)CCc1cc(OC)ccc1OC)c1c(N)n(CCCC)c(=O)[nH]c1=O. The number of carbonyl (C=O) groups is 1. The first-order chi connectivity index (χ1) is 15.9. The number of methoxy groups -OCH3 is 2. The zero-order valence-corrected chi connectivity index (χ0v) is 20.1. The number of nitrogens with zero attached hydrogens (tertiary/aromatic N) is 2. The van der Waals surface area contributed by atoms with Crippen LogP contribution in [0.1, 0.15) is 57.9 Å². The smallest absolute Gasteiger partial charge is 0.330 e. The van der Waals surface area contributed by atoms with Gasteiger partial charge < -0.3 is 20.1 Å². The van der Waals surface area contributed by atoms with Crippen LogP contribution in [0.3, 0.4) is 0 Å². The molecule has 0 aliphatic heterocycles. The topological polar surface area (TPSA) is 120 Å². The molecule has 33 heavy (non-hydrogen) atoms. The van der Waals surface area contributed by atoms with Gasteiger partial charge in [0.2, 0.25) is 5.91 Å². The van der Waals surface area contributed by atoms with Crippen molar-refractivity contribution in [3.05, 3.63) is 44.6 Å². The van der Waals surface area contributed by atoms with Crippen molar-refractivity contribution < 1.29 is 14.3 Å². The molecule has 0 radical (unpaired) electrons. The van der Waals surface area contributed by atoms with Crippen LogP contribution in [0.15, 0.2) is 27.8 Å². The summed E-state index contributed by atoms with van der Waals surface area (Å²) in [5.41, 5.74) is 5.94. The summed E-state index contributed by atoms with van der Waals surface area (Å²) in [7, 11) is 3.15. The highest BCUT2D eigenvalue weighted by Gasteiger charge is 2.24. The fraction of sp³-hybridized carbons (Fsp3) is 0.542. The van der Waals surface area contributed by atoms with Gasteiger partial charge in [0.1, 0.15) is 17.3 Å². The molecular weight excluding hydrogens is 424 g/mol. The first-order valence-corrected chi connectivity index (χ1v) is 11.5. The molecule has 1 heterocycles. The lowest BCUT2D eigenvalue weighted by Gasteiger charge is -2.25. The number of hydrogen-bond acceptors (Lipinski definition) is 6. The number of unbranched alkanes of at least 4 members (excludes halogenated alkanes) is 3. The minimum Gasteiger partial charge on any atom is -0.497 e. The molecule has 0 bridgehead atoms. The van der Waals surface area contributed by atoms with E-state index in [4.69, 9.17) is 15.2 Å². The third-order valence-electron chi connectivity index (χ3n) is 5.60. The largest absolute Gasteiger partial charge is 0.497 e. The number of ether oxygens (including phenoxy) is 2. The molecule has 0 fully saturated rings. The molecule has 0 spiro atoms. The minimum absolute atomic E-state index is 0.0287. The van der Waals surface area contributed by atoms with Crippen molar-refractivity contribution in [1.29, 1.82) is 0 Å². The zero-order valence-electron chi connectivity index (χ0n) is 20.1. The van der Waals surface area contributed by atoms with Crippen LogP contribution < -0.4 is 31.4 Å². The molecule has 0 aliphatic carbocycles. The van der Waals surface area contributed by atoms with Crippen molar-refractivity contribution in [2.45, 2.75) is 65.3 Å². The van der Waals surface area contributed by atoms with Gasteiger partial charge in [0.25, 0.3) is 5.56 Å². The highest BCUT2D eigenvalue weighted by molar-refractivity contribution is 5.95. The van der Waals surface area contributed by atoms with E-state index in [0.717, 1.165) is 37.7 Å². The van der Waals surface area contributed by atoms with Crippen molar-refractivity contribution in [3.8, 4) is 11.5 Å². The summed E-state index contributed by atoms with van der Waals surface area (Å²) < 4.78 is 12.0. The van der Waals surface area contributed by atoms with Gasteiger partial charge in [-0.1, -0.05) is 33.1 Å². The quantitative estimate of drug-likeness (QED) is 0.443. The predicted molar refractivity (Wildman–Crippen MR) is 130 cm³/mol. The standard InChI is InChI=1S/C24H36N4O5/c1-5-7-9-15-27(21-22(25)28(14-8-6-2)24(31)26-23(21)30)20(29)13-10-17-16-18(32-3)11-12-19(17)33-4/h11-12,16H,5-10,13-15,25H2,1-4H3,(H,26,30,31). The Hall–Kier alpha value is -3.23. The van der Waals surface area contributed by atoms with Crippen molar-refractivity contribution in [1.82, 2.24) is 9.55 Å². The molecular formula is C24H36N4O5. The molecule has 0 saturated carbocycles. The molecule has 0 unspecified atom stereocenters. The van der Waals surface area contributed by atoms with E-state index >= 15 is 0 Å². The number of hydrogen-bond donors (Lipinski definition) is 2. The maximum absolute atomic E-state index is 13.3. The van der Waals surface area contributed by atoms with Crippen molar-refractivity contribution in [2.24, 2.45) is 0 Å². The van der Waals surface area contributed by atoms with Gasteiger partial charge in [-0.25, -0.2) is 4.79 Å². The molecule has 0 saturated heterocycles. The molecule has 9 nitrogen and oxygen atoms in total. The highest BCUT2D eigenvalue weighted by Crippen LogP contribution is 2.26. The lowest BCUT2D eigenvalue weighted by Crippen LogP contribution is -2.41. The van der Waals surface area contributed by atoms with Crippen LogP contribution >= 0.6 is 0 Å². The first kappa shape index (κ1) is 26.0. The van der Waals surface area contributed by atoms with Gasteiger partial charge in [0.05, 0.1) is 14.2 Å². The normalized spacial score (nSPS) is 10.8. The van der Waals surface area contributed by atoms with Crippen LogP contribution in [0.25, 0.3) is 0 Å². The Labute approximate surface area is 194 Å². The number of carbonyl (C=O) groups excluding carboxylic acids is 1. The number of amides is 1. The molecule has 182 valence electrons. The number of nitrogens with two attached hydrogens (primary N) is 1. The van der Waals surface area contributed by atoms with E-state index in [9.17, 15) is 14.4 Å². The molecule has 1 aromatic heterocycles. The Morgan fingerprint density at radius 2 is 1.82 bits per heavy atom. The third-order valence-corrected chi connectivity index (χ3v) is 5.60. The first-order valence-electron chi connectivity index (χ1n) is 11.5. The summed E-state index contributed by atoms with van der Waals surface area (Å²) >= 11 is 0. The average molecular weight is 461 g/mol. The van der Waals surface area contributed by atoms with Crippen molar-refractivity contribution >= 4 is 17.4 Å². The summed E-state index contributed by atoms with van der Waals surface area (Å²) in [5, 5.41) is 0. The van der Waals surface area contributed by atoms with Crippen molar-refractivity contribution in [2.75, 3.05) is 31.4 Å². The highest BCUT2D eigenvalue weighted by atomic mass is 16.5. The second-order valence-corrected chi connectivity index (χ2v) is 7.93. The number of nitrogen functional groups attached to an aromatic ring is 1.